The molecule has 5 nitrogen and oxygen atoms in total. The molecule has 0 aromatic heterocycles. The van der Waals surface area contributed by atoms with Gasteiger partial charge in [0.05, 0.1) is 32.5 Å². The molecule has 1 atom stereocenters. The molecule has 1 unspecified atom stereocenters. The van der Waals surface area contributed by atoms with Crippen molar-refractivity contribution >= 4 is 0 Å². The summed E-state index contributed by atoms with van der Waals surface area (Å²) in [7, 11) is 1.64. The number of ether oxygens (including phenoxy) is 2. The molecule has 5 heteroatoms. The van der Waals surface area contributed by atoms with Crippen molar-refractivity contribution in [1.29, 1.82) is 5.26 Å². The van der Waals surface area contributed by atoms with E-state index in [0.29, 0.717) is 32.0 Å². The molecule has 0 fully saturated rings. The Bertz CT molecular complexity index is 468. The van der Waals surface area contributed by atoms with Gasteiger partial charge in [0, 0.05) is 26.1 Å². The quantitative estimate of drug-likeness (QED) is 0.678. The summed E-state index contributed by atoms with van der Waals surface area (Å²) in [6, 6.07) is 9.83. The molecule has 1 aromatic rings. The van der Waals surface area contributed by atoms with Crippen LogP contribution in [-0.2, 0) is 11.3 Å². The van der Waals surface area contributed by atoms with Crippen LogP contribution in [-0.4, -0.2) is 49.5 Å². The first-order chi connectivity index (χ1) is 11.0. The van der Waals surface area contributed by atoms with Gasteiger partial charge in [-0.15, -0.1) is 0 Å². The van der Waals surface area contributed by atoms with E-state index in [4.69, 9.17) is 14.7 Å². The van der Waals surface area contributed by atoms with Gasteiger partial charge in [-0.2, -0.15) is 5.26 Å². The second-order valence-electron chi connectivity index (χ2n) is 6.08. The standard InChI is InChI=1S/C18H28N2O3/c1-15(2)11-20(10-4-9-19)12-17(21)14-23-13-16-5-7-18(22-3)8-6-16/h5-8,15,17,21H,4,10-14H2,1-3H3. The second-order valence-corrected chi connectivity index (χ2v) is 6.08. The fraction of sp³-hybridized carbons (Fsp3) is 0.611. The minimum atomic E-state index is -0.550. The number of rotatable bonds is 11. The molecule has 1 N–H and O–H groups in total. The lowest BCUT2D eigenvalue weighted by atomic mass is 10.2. The Morgan fingerprint density at radius 1 is 1.22 bits per heavy atom. The summed E-state index contributed by atoms with van der Waals surface area (Å²) in [6.07, 6.45) is -0.0720. The van der Waals surface area contributed by atoms with Crippen molar-refractivity contribution in [2.24, 2.45) is 5.92 Å². The van der Waals surface area contributed by atoms with E-state index in [-0.39, 0.29) is 6.61 Å². The number of methoxy groups -OCH3 is 1. The van der Waals surface area contributed by atoms with E-state index in [2.05, 4.69) is 24.8 Å². The van der Waals surface area contributed by atoms with Crippen molar-refractivity contribution in [3.63, 3.8) is 0 Å². The topological polar surface area (TPSA) is 65.7 Å². The number of nitriles is 1. The summed E-state index contributed by atoms with van der Waals surface area (Å²) < 4.78 is 10.7. The molecule has 0 radical (unpaired) electrons. The van der Waals surface area contributed by atoms with Crippen LogP contribution in [0.5, 0.6) is 5.75 Å². The van der Waals surface area contributed by atoms with E-state index < -0.39 is 6.10 Å². The van der Waals surface area contributed by atoms with Crippen LogP contribution >= 0.6 is 0 Å². The van der Waals surface area contributed by atoms with Gasteiger partial charge >= 0.3 is 0 Å². The van der Waals surface area contributed by atoms with Gasteiger partial charge in [0.15, 0.2) is 0 Å². The van der Waals surface area contributed by atoms with Crippen molar-refractivity contribution in [3.05, 3.63) is 29.8 Å². The highest BCUT2D eigenvalue weighted by Crippen LogP contribution is 2.12. The largest absolute Gasteiger partial charge is 0.497 e. The van der Waals surface area contributed by atoms with Crippen LogP contribution in [0.25, 0.3) is 0 Å². The Labute approximate surface area is 139 Å². The van der Waals surface area contributed by atoms with Crippen LogP contribution in [0.1, 0.15) is 25.8 Å². The van der Waals surface area contributed by atoms with Gasteiger partial charge in [0.1, 0.15) is 5.75 Å². The lowest BCUT2D eigenvalue weighted by Crippen LogP contribution is -2.37. The minimum absolute atomic E-state index is 0.285. The Kier molecular flexibility index (Phi) is 9.30. The highest BCUT2D eigenvalue weighted by molar-refractivity contribution is 5.26. The van der Waals surface area contributed by atoms with E-state index in [1.165, 1.54) is 0 Å². The van der Waals surface area contributed by atoms with Crippen LogP contribution in [0.4, 0.5) is 0 Å². The van der Waals surface area contributed by atoms with Crippen molar-refractivity contribution in [2.45, 2.75) is 33.0 Å². The Balaban J connectivity index is 2.32. The van der Waals surface area contributed by atoms with Gasteiger partial charge in [0.25, 0.3) is 0 Å². The number of hydrogen-bond donors (Lipinski definition) is 1. The molecule has 1 aromatic carbocycles. The zero-order valence-corrected chi connectivity index (χ0v) is 14.4. The Hall–Kier alpha value is -1.61. The highest BCUT2D eigenvalue weighted by atomic mass is 16.5. The van der Waals surface area contributed by atoms with Crippen molar-refractivity contribution < 1.29 is 14.6 Å². The number of aliphatic hydroxyl groups is 1. The van der Waals surface area contributed by atoms with Crippen LogP contribution in [0.3, 0.4) is 0 Å². The molecule has 0 aliphatic heterocycles. The van der Waals surface area contributed by atoms with Crippen molar-refractivity contribution in [3.8, 4) is 11.8 Å². The average Bonchev–Trinajstić information content (AvgIpc) is 2.52. The van der Waals surface area contributed by atoms with Gasteiger partial charge in [-0.1, -0.05) is 26.0 Å². The summed E-state index contributed by atoms with van der Waals surface area (Å²) in [5.41, 5.74) is 1.04. The predicted octanol–water partition coefficient (Wildman–Crippen LogP) is 2.44. The fourth-order valence-corrected chi connectivity index (χ4v) is 2.37. The third-order valence-electron chi connectivity index (χ3n) is 3.37. The maximum absolute atomic E-state index is 10.1. The monoisotopic (exact) mass is 320 g/mol. The zero-order valence-electron chi connectivity index (χ0n) is 14.4. The lowest BCUT2D eigenvalue weighted by molar-refractivity contribution is 0.00855. The van der Waals surface area contributed by atoms with E-state index in [1.54, 1.807) is 7.11 Å². The van der Waals surface area contributed by atoms with Gasteiger partial charge in [0.2, 0.25) is 0 Å². The number of aliphatic hydroxyl groups excluding tert-OH is 1. The molecular weight excluding hydrogens is 292 g/mol. The second kappa shape index (κ2) is 11.0. The molecular formula is C18H28N2O3. The van der Waals surface area contributed by atoms with E-state index >= 15 is 0 Å². The van der Waals surface area contributed by atoms with Gasteiger partial charge in [-0.25, -0.2) is 0 Å². The number of nitrogens with zero attached hydrogens (tertiary/aromatic N) is 2. The summed E-state index contributed by atoms with van der Waals surface area (Å²) in [5.74, 6) is 1.32. The Morgan fingerprint density at radius 3 is 2.48 bits per heavy atom. The minimum Gasteiger partial charge on any atom is -0.497 e. The van der Waals surface area contributed by atoms with E-state index in [1.807, 2.05) is 24.3 Å². The molecule has 0 aliphatic carbocycles. The maximum atomic E-state index is 10.1. The first-order valence-corrected chi connectivity index (χ1v) is 8.03. The smallest absolute Gasteiger partial charge is 0.118 e. The number of hydrogen-bond acceptors (Lipinski definition) is 5. The third-order valence-corrected chi connectivity index (χ3v) is 3.37. The van der Waals surface area contributed by atoms with E-state index in [0.717, 1.165) is 17.9 Å². The first kappa shape index (κ1) is 19.4. The Morgan fingerprint density at radius 2 is 1.91 bits per heavy atom. The molecule has 0 saturated heterocycles. The van der Waals surface area contributed by atoms with Crippen LogP contribution < -0.4 is 4.74 Å². The molecule has 1 rings (SSSR count). The highest BCUT2D eigenvalue weighted by Gasteiger charge is 2.13. The third kappa shape index (κ3) is 8.56. The molecule has 0 saturated carbocycles. The van der Waals surface area contributed by atoms with Crippen molar-refractivity contribution in [2.75, 3.05) is 33.4 Å². The summed E-state index contributed by atoms with van der Waals surface area (Å²) >= 11 is 0. The van der Waals surface area contributed by atoms with Crippen molar-refractivity contribution in [1.82, 2.24) is 4.90 Å². The lowest BCUT2D eigenvalue weighted by Gasteiger charge is -2.25. The zero-order chi connectivity index (χ0) is 17.1. The van der Waals surface area contributed by atoms with Crippen LogP contribution in [0.15, 0.2) is 24.3 Å². The van der Waals surface area contributed by atoms with E-state index in [9.17, 15) is 5.11 Å². The van der Waals surface area contributed by atoms with Crippen LogP contribution in [0, 0.1) is 17.2 Å². The molecule has 0 amide bonds. The molecule has 0 bridgehead atoms. The number of benzene rings is 1. The molecule has 0 heterocycles. The first-order valence-electron chi connectivity index (χ1n) is 8.03. The normalized spacial score (nSPS) is 12.4. The maximum Gasteiger partial charge on any atom is 0.118 e. The van der Waals surface area contributed by atoms with Gasteiger partial charge in [-0.3, -0.25) is 4.90 Å². The summed E-state index contributed by atoms with van der Waals surface area (Å²) in [4.78, 5) is 2.12. The van der Waals surface area contributed by atoms with Gasteiger partial charge < -0.3 is 14.6 Å². The van der Waals surface area contributed by atoms with Crippen LogP contribution in [0.2, 0.25) is 0 Å². The molecule has 0 spiro atoms. The molecule has 23 heavy (non-hydrogen) atoms. The average molecular weight is 320 g/mol. The predicted molar refractivity (Wildman–Crippen MR) is 90.2 cm³/mol. The van der Waals surface area contributed by atoms with Gasteiger partial charge in [-0.05, 0) is 23.6 Å². The fourth-order valence-electron chi connectivity index (χ4n) is 2.37. The summed E-state index contributed by atoms with van der Waals surface area (Å²) in [6.45, 7) is 7.10. The SMILES string of the molecule is COc1ccc(COCC(O)CN(CCC#N)CC(C)C)cc1. The summed E-state index contributed by atoms with van der Waals surface area (Å²) in [5, 5.41) is 18.8. The molecule has 0 aliphatic rings. The molecule has 128 valence electrons.